The number of hydrogen-bond acceptors (Lipinski definition) is 7. The van der Waals surface area contributed by atoms with Gasteiger partial charge in [-0.25, -0.2) is 9.98 Å². The summed E-state index contributed by atoms with van der Waals surface area (Å²) in [6.07, 6.45) is 1.82. The molecule has 0 aliphatic carbocycles. The van der Waals surface area contributed by atoms with Crippen molar-refractivity contribution in [2.45, 2.75) is 78.1 Å². The number of ether oxygens (including phenoxy) is 2. The van der Waals surface area contributed by atoms with E-state index in [1.807, 2.05) is 13.8 Å². The van der Waals surface area contributed by atoms with Crippen LogP contribution in [0.5, 0.6) is 0 Å². The quantitative estimate of drug-likeness (QED) is 0.667. The van der Waals surface area contributed by atoms with E-state index in [1.54, 1.807) is 11.9 Å². The largest absolute Gasteiger partial charge is 0.480 e. The number of aliphatic imine (C=N–C) groups is 2. The Morgan fingerprint density at radius 1 is 1.20 bits per heavy atom. The fraction of sp³-hybridized carbons (Fsp3) is 0.889. The Hall–Kier alpha value is -0.790. The monoisotopic (exact) mass is 375 g/mol. The van der Waals surface area contributed by atoms with Crippen molar-refractivity contribution in [1.82, 2.24) is 4.72 Å². The Kier molecular flexibility index (Phi) is 13.0. The molecule has 1 aliphatic heterocycles. The smallest absolute Gasteiger partial charge is 0.211 e. The standard InChI is InChI=1S/C15H29N3O3S.C3H8/c1-6-20-12-10-16-14(21-7-2)13(17-12)11(8-9-19)18-22-15(3,4)5;1-3-2/h11,13,18-19H,6-10H2,1-5H3;3H2,1-2H3. The predicted molar refractivity (Wildman–Crippen MR) is 109 cm³/mol. The molecular weight excluding hydrogens is 338 g/mol. The highest BCUT2D eigenvalue weighted by molar-refractivity contribution is 7.98. The van der Waals surface area contributed by atoms with E-state index in [0.717, 1.165) is 0 Å². The van der Waals surface area contributed by atoms with E-state index in [-0.39, 0.29) is 23.4 Å². The van der Waals surface area contributed by atoms with Gasteiger partial charge < -0.3 is 14.6 Å². The molecule has 0 amide bonds. The molecule has 0 saturated carbocycles. The lowest BCUT2D eigenvalue weighted by Gasteiger charge is -2.30. The molecule has 0 saturated heterocycles. The summed E-state index contributed by atoms with van der Waals surface area (Å²) >= 11 is 1.63. The van der Waals surface area contributed by atoms with Gasteiger partial charge in [-0.2, -0.15) is 0 Å². The average Bonchev–Trinajstić information content (AvgIpc) is 2.53. The molecule has 0 spiro atoms. The molecule has 0 aromatic carbocycles. The van der Waals surface area contributed by atoms with Gasteiger partial charge in [0, 0.05) is 11.4 Å². The third-order valence-corrected chi connectivity index (χ3v) is 3.88. The first-order chi connectivity index (χ1) is 11.8. The van der Waals surface area contributed by atoms with E-state index in [0.29, 0.717) is 38.0 Å². The summed E-state index contributed by atoms with van der Waals surface area (Å²) in [5.74, 6) is 1.24. The number of nitrogens with zero attached hydrogens (tertiary/aromatic N) is 2. The van der Waals surface area contributed by atoms with Crippen molar-refractivity contribution in [2.75, 3.05) is 26.4 Å². The molecule has 2 unspecified atom stereocenters. The molecule has 25 heavy (non-hydrogen) atoms. The van der Waals surface area contributed by atoms with Crippen LogP contribution in [0.3, 0.4) is 0 Å². The van der Waals surface area contributed by atoms with E-state index in [1.165, 1.54) is 6.42 Å². The second kappa shape index (κ2) is 13.4. The Morgan fingerprint density at radius 3 is 2.28 bits per heavy atom. The minimum atomic E-state index is -0.266. The number of rotatable bonds is 7. The summed E-state index contributed by atoms with van der Waals surface area (Å²) < 4.78 is 14.6. The molecule has 1 aliphatic rings. The van der Waals surface area contributed by atoms with Crippen LogP contribution in [0.1, 0.15) is 61.3 Å². The zero-order valence-electron chi connectivity index (χ0n) is 17.0. The molecule has 2 N–H and O–H groups in total. The van der Waals surface area contributed by atoms with Crippen molar-refractivity contribution < 1.29 is 14.6 Å². The summed E-state index contributed by atoms with van der Waals surface area (Å²) in [5, 5.41) is 9.37. The number of hydrogen-bond donors (Lipinski definition) is 2. The summed E-state index contributed by atoms with van der Waals surface area (Å²) in [6, 6.07) is -0.326. The summed E-state index contributed by atoms with van der Waals surface area (Å²) in [6.45, 7) is 16.1. The van der Waals surface area contributed by atoms with Crippen LogP contribution < -0.4 is 4.72 Å². The van der Waals surface area contributed by atoms with Crippen molar-refractivity contribution in [2.24, 2.45) is 9.98 Å². The van der Waals surface area contributed by atoms with E-state index < -0.39 is 0 Å². The van der Waals surface area contributed by atoms with Crippen LogP contribution in [-0.2, 0) is 9.47 Å². The fourth-order valence-corrected chi connectivity index (χ4v) is 2.71. The molecule has 0 bridgehead atoms. The first kappa shape index (κ1) is 24.2. The van der Waals surface area contributed by atoms with Crippen molar-refractivity contribution in [3.8, 4) is 0 Å². The van der Waals surface area contributed by atoms with Gasteiger partial charge in [0.2, 0.25) is 11.8 Å². The minimum Gasteiger partial charge on any atom is -0.480 e. The molecule has 2 atom stereocenters. The Balaban J connectivity index is 0.00000178. The van der Waals surface area contributed by atoms with Crippen LogP contribution in [0.15, 0.2) is 9.98 Å². The second-order valence-corrected chi connectivity index (χ2v) is 8.31. The van der Waals surface area contributed by atoms with Crippen LogP contribution in [-0.4, -0.2) is 60.1 Å². The molecule has 148 valence electrons. The Bertz CT molecular complexity index is 409. The molecule has 1 heterocycles. The van der Waals surface area contributed by atoms with Crippen LogP contribution in [0, 0.1) is 0 Å². The van der Waals surface area contributed by atoms with Gasteiger partial charge in [-0.05, 0) is 41.0 Å². The average molecular weight is 376 g/mol. The van der Waals surface area contributed by atoms with Gasteiger partial charge in [-0.3, -0.25) is 4.72 Å². The Morgan fingerprint density at radius 2 is 1.80 bits per heavy atom. The summed E-state index contributed by atoms with van der Waals surface area (Å²) in [7, 11) is 0. The topological polar surface area (TPSA) is 75.4 Å². The lowest BCUT2D eigenvalue weighted by atomic mass is 10.1. The zero-order chi connectivity index (χ0) is 19.3. The van der Waals surface area contributed by atoms with Gasteiger partial charge >= 0.3 is 0 Å². The minimum absolute atomic E-state index is 0.0599. The number of aliphatic hydroxyl groups is 1. The highest BCUT2D eigenvalue weighted by Crippen LogP contribution is 2.23. The van der Waals surface area contributed by atoms with Crippen molar-refractivity contribution >= 4 is 23.7 Å². The highest BCUT2D eigenvalue weighted by Gasteiger charge is 2.31. The van der Waals surface area contributed by atoms with Crippen molar-refractivity contribution in [1.29, 1.82) is 0 Å². The molecule has 7 heteroatoms. The molecular formula is C18H37N3O3S. The van der Waals surface area contributed by atoms with Gasteiger partial charge in [0.1, 0.15) is 12.6 Å². The maximum Gasteiger partial charge on any atom is 0.211 e. The highest BCUT2D eigenvalue weighted by atomic mass is 32.2. The summed E-state index contributed by atoms with van der Waals surface area (Å²) in [5.41, 5.74) is 0. The maximum atomic E-state index is 9.37. The van der Waals surface area contributed by atoms with E-state index >= 15 is 0 Å². The third-order valence-electron chi connectivity index (χ3n) is 2.85. The number of nitrogens with one attached hydrogen (secondary N) is 1. The van der Waals surface area contributed by atoms with E-state index in [9.17, 15) is 5.11 Å². The van der Waals surface area contributed by atoms with Gasteiger partial charge in [0.25, 0.3) is 0 Å². The molecule has 1 rings (SSSR count). The molecule has 6 nitrogen and oxygen atoms in total. The van der Waals surface area contributed by atoms with Crippen LogP contribution >= 0.6 is 11.9 Å². The molecule has 0 fully saturated rings. The van der Waals surface area contributed by atoms with Crippen molar-refractivity contribution in [3.63, 3.8) is 0 Å². The van der Waals surface area contributed by atoms with Crippen LogP contribution in [0.4, 0.5) is 0 Å². The maximum absolute atomic E-state index is 9.37. The number of aliphatic hydroxyl groups excluding tert-OH is 1. The fourth-order valence-electron chi connectivity index (χ4n) is 1.95. The van der Waals surface area contributed by atoms with Gasteiger partial charge in [0.15, 0.2) is 0 Å². The molecule has 0 radical (unpaired) electrons. The first-order valence-electron chi connectivity index (χ1n) is 9.23. The Labute approximate surface area is 158 Å². The van der Waals surface area contributed by atoms with E-state index in [4.69, 9.17) is 9.47 Å². The molecule has 0 aromatic rings. The van der Waals surface area contributed by atoms with E-state index in [2.05, 4.69) is 49.3 Å². The first-order valence-corrected chi connectivity index (χ1v) is 10.0. The van der Waals surface area contributed by atoms with Crippen LogP contribution in [0.2, 0.25) is 0 Å². The zero-order valence-corrected chi connectivity index (χ0v) is 17.8. The lowest BCUT2D eigenvalue weighted by Crippen LogP contribution is -2.46. The normalized spacial score (nSPS) is 18.5. The predicted octanol–water partition coefficient (Wildman–Crippen LogP) is 3.44. The van der Waals surface area contributed by atoms with Crippen molar-refractivity contribution in [3.05, 3.63) is 0 Å². The van der Waals surface area contributed by atoms with Gasteiger partial charge in [-0.1, -0.05) is 32.2 Å². The lowest BCUT2D eigenvalue weighted by molar-refractivity contribution is 0.254. The molecule has 0 aromatic heterocycles. The van der Waals surface area contributed by atoms with Crippen LogP contribution in [0.25, 0.3) is 0 Å². The summed E-state index contributed by atoms with van der Waals surface area (Å²) in [4.78, 5) is 9.10. The third kappa shape index (κ3) is 10.7. The van der Waals surface area contributed by atoms with Gasteiger partial charge in [0.05, 0.1) is 19.3 Å². The SMILES string of the molecule is CCC.CCOC1=NC(C(CCO)NSC(C)(C)C)C(OCC)=NC1. The van der Waals surface area contributed by atoms with Gasteiger partial charge in [-0.15, -0.1) is 0 Å². The second-order valence-electron chi connectivity index (χ2n) is 6.65.